The Bertz CT molecular complexity index is 724. The van der Waals surface area contributed by atoms with Gasteiger partial charge >= 0.3 is 5.97 Å². The highest BCUT2D eigenvalue weighted by molar-refractivity contribution is 5.93. The molecular weight excluding hydrogens is 282 g/mol. The van der Waals surface area contributed by atoms with Gasteiger partial charge in [0.15, 0.2) is 0 Å². The molecule has 114 valence electrons. The largest absolute Gasteiger partial charge is 0.478 e. The maximum absolute atomic E-state index is 12.2. The molecule has 2 N–H and O–H groups in total. The molecule has 1 aromatic carbocycles. The molecule has 2 aromatic rings. The first-order valence-corrected chi connectivity index (χ1v) is 6.80. The number of nitrogens with one attached hydrogen (secondary N) is 1. The number of carboxylic acid groups (broad SMARTS) is 1. The van der Waals surface area contributed by atoms with E-state index < -0.39 is 5.97 Å². The van der Waals surface area contributed by atoms with E-state index >= 15 is 0 Å². The number of nitrogens with zero attached hydrogens (tertiary/aromatic N) is 2. The van der Waals surface area contributed by atoms with Gasteiger partial charge in [-0.1, -0.05) is 12.1 Å². The number of carbonyl (C=O) groups excluding carboxylic acids is 1. The molecule has 0 aliphatic rings. The van der Waals surface area contributed by atoms with Gasteiger partial charge in [-0.05, 0) is 38.5 Å². The first-order valence-electron chi connectivity index (χ1n) is 6.80. The van der Waals surface area contributed by atoms with Crippen molar-refractivity contribution in [2.24, 2.45) is 0 Å². The third kappa shape index (κ3) is 3.46. The van der Waals surface area contributed by atoms with Crippen LogP contribution >= 0.6 is 0 Å². The summed E-state index contributed by atoms with van der Waals surface area (Å²) in [5.41, 5.74) is 3.45. The van der Waals surface area contributed by atoms with Gasteiger partial charge in [-0.2, -0.15) is 0 Å². The molecule has 1 heterocycles. The normalized spacial score (nSPS) is 10.3. The van der Waals surface area contributed by atoms with Crippen molar-refractivity contribution in [3.8, 4) is 0 Å². The van der Waals surface area contributed by atoms with E-state index in [2.05, 4.69) is 15.3 Å². The van der Waals surface area contributed by atoms with Crippen LogP contribution < -0.4 is 5.32 Å². The molecule has 0 atom stereocenters. The van der Waals surface area contributed by atoms with Crippen molar-refractivity contribution in [2.75, 3.05) is 0 Å². The number of carbonyl (C=O) groups is 2. The van der Waals surface area contributed by atoms with Gasteiger partial charge in [0.1, 0.15) is 5.69 Å². The zero-order valence-corrected chi connectivity index (χ0v) is 12.7. The molecule has 0 saturated carbocycles. The summed E-state index contributed by atoms with van der Waals surface area (Å²) in [4.78, 5) is 31.5. The molecule has 0 radical (unpaired) electrons. The Morgan fingerprint density at radius 3 is 2.18 bits per heavy atom. The number of aromatic nitrogens is 2. The summed E-state index contributed by atoms with van der Waals surface area (Å²) in [7, 11) is 0. The Morgan fingerprint density at radius 2 is 1.59 bits per heavy atom. The van der Waals surface area contributed by atoms with Crippen molar-refractivity contribution in [2.45, 2.75) is 27.3 Å². The quantitative estimate of drug-likeness (QED) is 0.901. The molecule has 0 spiro atoms. The molecular formula is C16H17N3O3. The van der Waals surface area contributed by atoms with Crippen LogP contribution in [0.3, 0.4) is 0 Å². The van der Waals surface area contributed by atoms with Gasteiger partial charge in [-0.15, -0.1) is 0 Å². The van der Waals surface area contributed by atoms with Crippen LogP contribution in [0.1, 0.15) is 43.5 Å². The fourth-order valence-corrected chi connectivity index (χ4v) is 1.96. The van der Waals surface area contributed by atoms with E-state index in [0.29, 0.717) is 17.9 Å². The van der Waals surface area contributed by atoms with E-state index in [1.807, 2.05) is 13.8 Å². The molecule has 0 fully saturated rings. The van der Waals surface area contributed by atoms with E-state index in [4.69, 9.17) is 5.11 Å². The molecule has 6 heteroatoms. The predicted octanol–water partition coefficient (Wildman–Crippen LogP) is 2.03. The van der Waals surface area contributed by atoms with E-state index in [1.54, 1.807) is 19.1 Å². The molecule has 1 amide bonds. The van der Waals surface area contributed by atoms with Crippen molar-refractivity contribution in [1.29, 1.82) is 0 Å². The summed E-state index contributed by atoms with van der Waals surface area (Å²) < 4.78 is 0. The molecule has 22 heavy (non-hydrogen) atoms. The highest BCUT2D eigenvalue weighted by Gasteiger charge is 2.13. The number of aromatic carboxylic acids is 1. The number of carboxylic acids is 1. The molecule has 0 saturated heterocycles. The second kappa shape index (κ2) is 6.34. The summed E-state index contributed by atoms with van der Waals surface area (Å²) in [6.45, 7) is 5.70. The number of amides is 1. The molecule has 1 aromatic heterocycles. The maximum atomic E-state index is 12.2. The van der Waals surface area contributed by atoms with E-state index in [9.17, 15) is 9.59 Å². The van der Waals surface area contributed by atoms with Crippen molar-refractivity contribution in [3.05, 3.63) is 58.2 Å². The highest BCUT2D eigenvalue weighted by atomic mass is 16.4. The third-order valence-corrected chi connectivity index (χ3v) is 3.35. The van der Waals surface area contributed by atoms with Crippen LogP contribution in [0.5, 0.6) is 0 Å². The minimum atomic E-state index is -0.975. The number of aryl methyl sites for hydroxylation is 3. The summed E-state index contributed by atoms with van der Waals surface area (Å²) in [5, 5.41) is 11.6. The first kappa shape index (κ1) is 15.6. The Balaban J connectivity index is 2.07. The fourth-order valence-electron chi connectivity index (χ4n) is 1.96. The smallest absolute Gasteiger partial charge is 0.335 e. The van der Waals surface area contributed by atoms with Gasteiger partial charge in [0, 0.05) is 6.54 Å². The zero-order chi connectivity index (χ0) is 16.3. The minimum absolute atomic E-state index is 0.214. The molecule has 0 aliphatic heterocycles. The lowest BCUT2D eigenvalue weighted by Gasteiger charge is -2.09. The molecule has 0 bridgehead atoms. The van der Waals surface area contributed by atoms with Gasteiger partial charge in [-0.25, -0.2) is 9.78 Å². The Hall–Kier alpha value is -2.76. The van der Waals surface area contributed by atoms with Crippen molar-refractivity contribution < 1.29 is 14.7 Å². The SMILES string of the molecule is Cc1nc(C)c(C(=O)NCc2ccc(C(=O)O)cc2)nc1C. The lowest BCUT2D eigenvalue weighted by molar-refractivity contribution is 0.0696. The highest BCUT2D eigenvalue weighted by Crippen LogP contribution is 2.08. The molecule has 6 nitrogen and oxygen atoms in total. The van der Waals surface area contributed by atoms with Crippen LogP contribution in [0.25, 0.3) is 0 Å². The van der Waals surface area contributed by atoms with Gasteiger partial charge in [0.25, 0.3) is 5.91 Å². The lowest BCUT2D eigenvalue weighted by atomic mass is 10.1. The Morgan fingerprint density at radius 1 is 1.00 bits per heavy atom. The Labute approximate surface area is 128 Å². The number of hydrogen-bond acceptors (Lipinski definition) is 4. The van der Waals surface area contributed by atoms with Crippen LogP contribution in [0.15, 0.2) is 24.3 Å². The molecule has 0 unspecified atom stereocenters. The average molecular weight is 299 g/mol. The number of hydrogen-bond donors (Lipinski definition) is 2. The van der Waals surface area contributed by atoms with Crippen molar-refractivity contribution >= 4 is 11.9 Å². The number of benzene rings is 1. The second-order valence-electron chi connectivity index (χ2n) is 5.01. The molecule has 0 aliphatic carbocycles. The predicted molar refractivity (Wildman–Crippen MR) is 80.8 cm³/mol. The van der Waals surface area contributed by atoms with E-state index in [1.165, 1.54) is 12.1 Å². The standard InChI is InChI=1S/C16H17N3O3/c1-9-10(2)19-14(11(3)18-9)15(20)17-8-12-4-6-13(7-5-12)16(21)22/h4-7H,8H2,1-3H3,(H,17,20)(H,21,22). The minimum Gasteiger partial charge on any atom is -0.478 e. The van der Waals surface area contributed by atoms with Gasteiger partial charge < -0.3 is 10.4 Å². The van der Waals surface area contributed by atoms with Crippen LogP contribution in [0.4, 0.5) is 0 Å². The first-order chi connectivity index (χ1) is 10.4. The molecule has 2 rings (SSSR count). The third-order valence-electron chi connectivity index (χ3n) is 3.35. The summed E-state index contributed by atoms with van der Waals surface area (Å²) >= 11 is 0. The van der Waals surface area contributed by atoms with Crippen LogP contribution in [-0.4, -0.2) is 27.0 Å². The lowest BCUT2D eigenvalue weighted by Crippen LogP contribution is -2.25. The summed E-state index contributed by atoms with van der Waals surface area (Å²) in [5.74, 6) is -1.27. The summed E-state index contributed by atoms with van der Waals surface area (Å²) in [6.07, 6.45) is 0. The van der Waals surface area contributed by atoms with E-state index in [-0.39, 0.29) is 11.5 Å². The van der Waals surface area contributed by atoms with Crippen LogP contribution in [0, 0.1) is 20.8 Å². The topological polar surface area (TPSA) is 92.2 Å². The second-order valence-corrected chi connectivity index (χ2v) is 5.01. The van der Waals surface area contributed by atoms with E-state index in [0.717, 1.165) is 17.0 Å². The Kier molecular flexibility index (Phi) is 4.50. The zero-order valence-electron chi connectivity index (χ0n) is 12.7. The van der Waals surface area contributed by atoms with Gasteiger partial charge in [0.05, 0.1) is 22.6 Å². The van der Waals surface area contributed by atoms with Crippen molar-refractivity contribution in [1.82, 2.24) is 15.3 Å². The summed E-state index contributed by atoms with van der Waals surface area (Å²) in [6, 6.07) is 6.35. The maximum Gasteiger partial charge on any atom is 0.335 e. The monoisotopic (exact) mass is 299 g/mol. The fraction of sp³-hybridized carbons (Fsp3) is 0.250. The van der Waals surface area contributed by atoms with Crippen LogP contribution in [0.2, 0.25) is 0 Å². The van der Waals surface area contributed by atoms with Gasteiger partial charge in [-0.3, -0.25) is 9.78 Å². The van der Waals surface area contributed by atoms with Crippen LogP contribution in [-0.2, 0) is 6.54 Å². The average Bonchev–Trinajstić information content (AvgIpc) is 2.49. The van der Waals surface area contributed by atoms with Gasteiger partial charge in [0.2, 0.25) is 0 Å². The van der Waals surface area contributed by atoms with Crippen molar-refractivity contribution in [3.63, 3.8) is 0 Å². The number of rotatable bonds is 4.